The van der Waals surface area contributed by atoms with Crippen molar-refractivity contribution in [3.63, 3.8) is 0 Å². The van der Waals surface area contributed by atoms with E-state index >= 15 is 0 Å². The maximum atomic E-state index is 7.04. The Labute approximate surface area is 303 Å². The third-order valence-electron chi connectivity index (χ3n) is 10.6. The Morgan fingerprint density at radius 2 is 0.959 bits per heavy atom. The Balaban J connectivity index is 1.55. The van der Waals surface area contributed by atoms with Crippen LogP contribution in [0.5, 0.6) is 0 Å². The fourth-order valence-corrected chi connectivity index (χ4v) is 9.29. The third-order valence-corrected chi connectivity index (χ3v) is 11.8. The van der Waals surface area contributed by atoms with Gasteiger partial charge in [-0.2, -0.15) is 0 Å². The largest absolute Gasteiger partial charge is 0.455 e. The van der Waals surface area contributed by atoms with Gasteiger partial charge in [0.2, 0.25) is 0 Å². The van der Waals surface area contributed by atoms with Gasteiger partial charge in [0, 0.05) is 37.1 Å². The summed E-state index contributed by atoms with van der Waals surface area (Å²) in [6.07, 6.45) is 0. The predicted molar refractivity (Wildman–Crippen MR) is 211 cm³/mol. The molecule has 1 aliphatic rings. The molecule has 49 heavy (non-hydrogen) atoms. The van der Waals surface area contributed by atoms with E-state index in [0.29, 0.717) is 0 Å². The summed E-state index contributed by atoms with van der Waals surface area (Å²) in [6.45, 7) is 13.6. The SMILES string of the molecule is CC(C)(C)c1ccc2oc3c4c(cc(Br)c3c2c1)C(c1ccccc1)(c1ccccc1)c1cc(Br)c2oc3ccc(C(C)(C)C)cc3c2c1-4. The number of halogens is 2. The number of hydrogen-bond donors (Lipinski definition) is 0. The van der Waals surface area contributed by atoms with Gasteiger partial charge in [0.25, 0.3) is 0 Å². The first-order valence-corrected chi connectivity index (χ1v) is 18.5. The van der Waals surface area contributed by atoms with Gasteiger partial charge in [0.05, 0.1) is 9.89 Å². The van der Waals surface area contributed by atoms with Crippen molar-refractivity contribution in [2.24, 2.45) is 0 Å². The summed E-state index contributed by atoms with van der Waals surface area (Å²) in [5.41, 5.74) is 12.5. The molecule has 0 spiro atoms. The molecule has 9 rings (SSSR count). The Kier molecular flexibility index (Phi) is 6.59. The van der Waals surface area contributed by atoms with Gasteiger partial charge < -0.3 is 8.83 Å². The summed E-state index contributed by atoms with van der Waals surface area (Å²) < 4.78 is 15.7. The number of fused-ring (bicyclic) bond motifs is 11. The van der Waals surface area contributed by atoms with Crippen LogP contribution in [0.15, 0.2) is 127 Å². The first kappa shape index (κ1) is 30.9. The zero-order valence-electron chi connectivity index (χ0n) is 28.5. The highest BCUT2D eigenvalue weighted by Crippen LogP contribution is 2.62. The van der Waals surface area contributed by atoms with Gasteiger partial charge in [0.1, 0.15) is 22.3 Å². The molecule has 0 saturated heterocycles. The quantitative estimate of drug-likeness (QED) is 0.175. The van der Waals surface area contributed by atoms with Crippen LogP contribution in [0.1, 0.15) is 74.9 Å². The summed E-state index contributed by atoms with van der Waals surface area (Å²) in [5, 5.41) is 4.45. The zero-order valence-corrected chi connectivity index (χ0v) is 31.6. The van der Waals surface area contributed by atoms with Crippen LogP contribution in [-0.2, 0) is 16.2 Å². The minimum Gasteiger partial charge on any atom is -0.455 e. The fourth-order valence-electron chi connectivity index (χ4n) is 8.16. The Morgan fingerprint density at radius 3 is 1.49 bits per heavy atom. The van der Waals surface area contributed by atoms with Crippen molar-refractivity contribution < 1.29 is 8.83 Å². The van der Waals surface area contributed by atoms with E-state index in [0.717, 1.165) is 58.4 Å². The molecule has 0 unspecified atom stereocenters. The summed E-state index contributed by atoms with van der Waals surface area (Å²) in [5.74, 6) is 0. The average molecular weight is 769 g/mol. The number of rotatable bonds is 2. The van der Waals surface area contributed by atoms with Crippen molar-refractivity contribution in [1.82, 2.24) is 0 Å². The monoisotopic (exact) mass is 766 g/mol. The van der Waals surface area contributed by atoms with Crippen LogP contribution < -0.4 is 0 Å². The highest BCUT2D eigenvalue weighted by molar-refractivity contribution is 9.11. The lowest BCUT2D eigenvalue weighted by atomic mass is 9.67. The van der Waals surface area contributed by atoms with Gasteiger partial charge in [-0.25, -0.2) is 0 Å². The highest BCUT2D eigenvalue weighted by atomic mass is 79.9. The topological polar surface area (TPSA) is 26.3 Å². The van der Waals surface area contributed by atoms with Crippen LogP contribution in [0.3, 0.4) is 0 Å². The van der Waals surface area contributed by atoms with Crippen molar-refractivity contribution in [2.45, 2.75) is 57.8 Å². The standard InChI is InChI=1S/C45H36Br2O2/c1-43(2,3)27-17-19-35-29(21-27)37-33(46)23-32-40(42(37)49-35)39-31(45(32,25-13-9-7-10-14-25)26-15-11-8-12-16-26)24-34(47)41-38(39)30-22-28(44(4,5)6)18-20-36(30)48-41/h7-24H,1-6H3. The molecule has 4 heteroatoms. The van der Waals surface area contributed by atoms with Crippen molar-refractivity contribution >= 4 is 75.7 Å². The van der Waals surface area contributed by atoms with E-state index in [1.807, 2.05) is 0 Å². The average Bonchev–Trinajstić information content (AvgIpc) is 3.73. The summed E-state index contributed by atoms with van der Waals surface area (Å²) >= 11 is 8.13. The molecule has 242 valence electrons. The molecule has 0 atom stereocenters. The second-order valence-electron chi connectivity index (χ2n) is 15.6. The van der Waals surface area contributed by atoms with E-state index in [4.69, 9.17) is 8.83 Å². The number of benzene rings is 6. The summed E-state index contributed by atoms with van der Waals surface area (Å²) in [7, 11) is 0. The first-order valence-electron chi connectivity index (χ1n) is 16.9. The number of hydrogen-bond acceptors (Lipinski definition) is 2. The molecule has 0 saturated carbocycles. The zero-order chi connectivity index (χ0) is 34.0. The molecule has 2 nitrogen and oxygen atoms in total. The van der Waals surface area contributed by atoms with Crippen LogP contribution in [0.25, 0.3) is 55.0 Å². The van der Waals surface area contributed by atoms with Gasteiger partial charge in [-0.05, 0) is 96.5 Å². The molecule has 0 bridgehead atoms. The van der Waals surface area contributed by atoms with Crippen LogP contribution in [0.2, 0.25) is 0 Å². The van der Waals surface area contributed by atoms with E-state index in [1.165, 1.54) is 38.9 Å². The minimum absolute atomic E-state index is 0.00225. The molecule has 6 aromatic carbocycles. The molecular formula is C45H36Br2O2. The fraction of sp³-hybridized carbons (Fsp3) is 0.200. The van der Waals surface area contributed by atoms with E-state index in [2.05, 4.69) is 183 Å². The summed E-state index contributed by atoms with van der Waals surface area (Å²) in [6, 6.07) is 39.9. The van der Waals surface area contributed by atoms with Gasteiger partial charge in [-0.15, -0.1) is 0 Å². The molecule has 2 aromatic heterocycles. The molecule has 0 fully saturated rings. The summed E-state index contributed by atoms with van der Waals surface area (Å²) in [4.78, 5) is 0. The second-order valence-corrected chi connectivity index (χ2v) is 17.3. The van der Waals surface area contributed by atoms with Crippen molar-refractivity contribution in [2.75, 3.05) is 0 Å². The Hall–Kier alpha value is -4.12. The van der Waals surface area contributed by atoms with Gasteiger partial charge in [0.15, 0.2) is 0 Å². The van der Waals surface area contributed by atoms with Crippen molar-refractivity contribution in [3.05, 3.63) is 152 Å². The lowest BCUT2D eigenvalue weighted by Crippen LogP contribution is -2.28. The van der Waals surface area contributed by atoms with Crippen LogP contribution in [0.4, 0.5) is 0 Å². The normalized spacial score (nSPS) is 14.3. The van der Waals surface area contributed by atoms with Gasteiger partial charge >= 0.3 is 0 Å². The maximum absolute atomic E-state index is 7.04. The minimum atomic E-state index is -0.624. The second kappa shape index (κ2) is 10.4. The molecule has 2 heterocycles. The van der Waals surface area contributed by atoms with E-state index in [-0.39, 0.29) is 10.8 Å². The van der Waals surface area contributed by atoms with Gasteiger partial charge in [-0.1, -0.05) is 130 Å². The molecule has 0 N–H and O–H groups in total. The van der Waals surface area contributed by atoms with Gasteiger partial charge in [-0.3, -0.25) is 0 Å². The maximum Gasteiger partial charge on any atom is 0.150 e. The highest BCUT2D eigenvalue weighted by Gasteiger charge is 2.49. The number of furan rings is 2. The molecule has 8 aromatic rings. The lowest BCUT2D eigenvalue weighted by molar-refractivity contribution is 0.590. The van der Waals surface area contributed by atoms with E-state index in [9.17, 15) is 0 Å². The molecule has 1 aliphatic carbocycles. The van der Waals surface area contributed by atoms with Crippen molar-refractivity contribution in [3.8, 4) is 11.1 Å². The Morgan fingerprint density at radius 1 is 0.490 bits per heavy atom. The Bertz CT molecular complexity index is 2590. The smallest absolute Gasteiger partial charge is 0.150 e. The van der Waals surface area contributed by atoms with E-state index in [1.54, 1.807) is 0 Å². The molecule has 0 radical (unpaired) electrons. The van der Waals surface area contributed by atoms with Crippen molar-refractivity contribution in [1.29, 1.82) is 0 Å². The van der Waals surface area contributed by atoms with E-state index < -0.39 is 5.41 Å². The molecule has 0 aliphatic heterocycles. The predicted octanol–water partition coefficient (Wildman–Crippen LogP) is 14.0. The molecule has 0 amide bonds. The van der Waals surface area contributed by atoms with Crippen LogP contribution in [0, 0.1) is 0 Å². The first-order chi connectivity index (χ1) is 23.4. The van der Waals surface area contributed by atoms with Crippen LogP contribution in [-0.4, -0.2) is 0 Å². The van der Waals surface area contributed by atoms with Crippen LogP contribution >= 0.6 is 31.9 Å². The lowest BCUT2D eigenvalue weighted by Gasteiger charge is -2.34. The molecular weight excluding hydrogens is 732 g/mol. The third kappa shape index (κ3) is 4.29.